The first kappa shape index (κ1) is 15.2. The fourth-order valence-corrected chi connectivity index (χ4v) is 2.66. The van der Waals surface area contributed by atoms with E-state index in [0.717, 1.165) is 11.1 Å². The van der Waals surface area contributed by atoms with Gasteiger partial charge in [-0.25, -0.2) is 4.79 Å². The highest BCUT2D eigenvalue weighted by atomic mass is 19.3. The summed E-state index contributed by atoms with van der Waals surface area (Å²) in [7, 11) is 0. The lowest BCUT2D eigenvalue weighted by molar-refractivity contribution is -0.286. The van der Waals surface area contributed by atoms with Crippen molar-refractivity contribution in [1.82, 2.24) is 4.57 Å². The van der Waals surface area contributed by atoms with Crippen molar-refractivity contribution < 1.29 is 28.2 Å². The summed E-state index contributed by atoms with van der Waals surface area (Å²) >= 11 is 0. The average Bonchev–Trinajstić information content (AvgIpc) is 3.17. The number of rotatable bonds is 3. The Balaban J connectivity index is 1.67. The van der Waals surface area contributed by atoms with E-state index in [1.807, 2.05) is 0 Å². The Labute approximate surface area is 140 Å². The van der Waals surface area contributed by atoms with E-state index in [9.17, 15) is 13.6 Å². The molecular formula is C18H11F2NO4. The molecule has 0 fully saturated rings. The monoisotopic (exact) mass is 343 g/mol. The molecule has 0 atom stereocenters. The van der Waals surface area contributed by atoms with Crippen LogP contribution in [0.3, 0.4) is 0 Å². The molecule has 2 heterocycles. The number of alkyl halides is 2. The number of aromatic carboxylic acids is 1. The van der Waals surface area contributed by atoms with Gasteiger partial charge in [0.25, 0.3) is 0 Å². The third-order valence-corrected chi connectivity index (χ3v) is 3.82. The van der Waals surface area contributed by atoms with E-state index in [2.05, 4.69) is 9.47 Å². The molecule has 126 valence electrons. The number of fused-ring (bicyclic) bond motifs is 1. The van der Waals surface area contributed by atoms with Crippen LogP contribution >= 0.6 is 0 Å². The minimum Gasteiger partial charge on any atom is -0.478 e. The predicted octanol–water partition coefficient (Wildman–Crippen LogP) is 4.16. The second-order valence-corrected chi connectivity index (χ2v) is 5.49. The summed E-state index contributed by atoms with van der Waals surface area (Å²) in [6.45, 7) is 0. The van der Waals surface area contributed by atoms with Crippen LogP contribution in [0.1, 0.15) is 10.4 Å². The van der Waals surface area contributed by atoms with Crippen LogP contribution in [0.5, 0.6) is 11.5 Å². The van der Waals surface area contributed by atoms with Crippen LogP contribution in [-0.2, 0) is 0 Å². The van der Waals surface area contributed by atoms with Gasteiger partial charge in [-0.1, -0.05) is 12.1 Å². The van der Waals surface area contributed by atoms with Crippen LogP contribution in [0.25, 0.3) is 16.8 Å². The van der Waals surface area contributed by atoms with Gasteiger partial charge in [-0.05, 0) is 41.5 Å². The van der Waals surface area contributed by atoms with Gasteiger partial charge in [0.05, 0.1) is 5.56 Å². The van der Waals surface area contributed by atoms with E-state index in [4.69, 9.17) is 5.11 Å². The van der Waals surface area contributed by atoms with Gasteiger partial charge in [-0.15, -0.1) is 8.78 Å². The number of carbonyl (C=O) groups is 1. The maximum absolute atomic E-state index is 13.1. The summed E-state index contributed by atoms with van der Waals surface area (Å²) < 4.78 is 36.8. The molecule has 0 unspecified atom stereocenters. The topological polar surface area (TPSA) is 60.7 Å². The molecule has 4 rings (SSSR count). The van der Waals surface area contributed by atoms with Crippen molar-refractivity contribution in [1.29, 1.82) is 0 Å². The highest BCUT2D eigenvalue weighted by Crippen LogP contribution is 2.42. The Morgan fingerprint density at radius 2 is 1.80 bits per heavy atom. The summed E-state index contributed by atoms with van der Waals surface area (Å²) in [5.41, 5.74) is 2.34. The molecule has 1 aliphatic heterocycles. The van der Waals surface area contributed by atoms with Crippen LogP contribution in [0.4, 0.5) is 8.78 Å². The Morgan fingerprint density at radius 1 is 1.00 bits per heavy atom. The molecule has 0 saturated heterocycles. The summed E-state index contributed by atoms with van der Waals surface area (Å²) in [5.74, 6) is -1.06. The van der Waals surface area contributed by atoms with Crippen molar-refractivity contribution in [2.45, 2.75) is 6.29 Å². The molecular weight excluding hydrogens is 332 g/mol. The Hall–Kier alpha value is -3.35. The van der Waals surface area contributed by atoms with Crippen molar-refractivity contribution in [3.05, 3.63) is 66.5 Å². The molecule has 1 N–H and O–H groups in total. The second-order valence-electron chi connectivity index (χ2n) is 5.49. The number of ether oxygens (including phenoxy) is 2. The molecule has 0 amide bonds. The first-order chi connectivity index (χ1) is 11.9. The number of benzene rings is 2. The van der Waals surface area contributed by atoms with Gasteiger partial charge in [-0.3, -0.25) is 0 Å². The van der Waals surface area contributed by atoms with E-state index < -0.39 is 12.3 Å². The van der Waals surface area contributed by atoms with E-state index in [-0.39, 0.29) is 17.1 Å². The smallest absolute Gasteiger partial charge is 0.478 e. The molecule has 3 aromatic rings. The fourth-order valence-electron chi connectivity index (χ4n) is 2.66. The van der Waals surface area contributed by atoms with Crippen LogP contribution in [0.15, 0.2) is 60.9 Å². The summed E-state index contributed by atoms with van der Waals surface area (Å²) in [6.07, 6.45) is -0.130. The number of halogens is 2. The molecule has 0 aliphatic carbocycles. The maximum atomic E-state index is 13.1. The lowest BCUT2D eigenvalue weighted by Gasteiger charge is -2.05. The highest BCUT2D eigenvalue weighted by Gasteiger charge is 2.43. The van der Waals surface area contributed by atoms with Gasteiger partial charge >= 0.3 is 12.3 Å². The SMILES string of the molecule is O=C(O)c1cccc(-c2ccn(-c3ccc4c(c3)OC(F)(F)O4)c2)c1. The third-order valence-electron chi connectivity index (χ3n) is 3.82. The number of aromatic nitrogens is 1. The summed E-state index contributed by atoms with van der Waals surface area (Å²) in [4.78, 5) is 11.1. The Bertz CT molecular complexity index is 981. The maximum Gasteiger partial charge on any atom is 0.586 e. The molecule has 1 aromatic heterocycles. The predicted molar refractivity (Wildman–Crippen MR) is 84.4 cm³/mol. The van der Waals surface area contributed by atoms with Crippen molar-refractivity contribution in [3.8, 4) is 28.3 Å². The van der Waals surface area contributed by atoms with E-state index in [1.165, 1.54) is 18.2 Å². The average molecular weight is 343 g/mol. The largest absolute Gasteiger partial charge is 0.586 e. The zero-order chi connectivity index (χ0) is 17.6. The first-order valence-electron chi connectivity index (χ1n) is 7.33. The quantitative estimate of drug-likeness (QED) is 0.776. The highest BCUT2D eigenvalue weighted by molar-refractivity contribution is 5.89. The van der Waals surface area contributed by atoms with E-state index in [0.29, 0.717) is 5.69 Å². The van der Waals surface area contributed by atoms with Gasteiger partial charge in [0.15, 0.2) is 11.5 Å². The van der Waals surface area contributed by atoms with E-state index in [1.54, 1.807) is 47.3 Å². The molecule has 5 nitrogen and oxygen atoms in total. The van der Waals surface area contributed by atoms with Crippen LogP contribution in [0.2, 0.25) is 0 Å². The zero-order valence-corrected chi connectivity index (χ0v) is 12.6. The standard InChI is InChI=1S/C18H11F2NO4/c19-18(20)24-15-5-4-14(9-16(15)25-18)21-7-6-13(10-21)11-2-1-3-12(8-11)17(22)23/h1-10H,(H,22,23). The fraction of sp³-hybridized carbons (Fsp3) is 0.0556. The molecule has 0 radical (unpaired) electrons. The van der Waals surface area contributed by atoms with Crippen LogP contribution in [-0.4, -0.2) is 21.9 Å². The van der Waals surface area contributed by atoms with Gasteiger partial charge in [-0.2, -0.15) is 0 Å². The zero-order valence-electron chi connectivity index (χ0n) is 12.6. The second kappa shape index (κ2) is 5.34. The lowest BCUT2D eigenvalue weighted by atomic mass is 10.1. The molecule has 2 aromatic carbocycles. The van der Waals surface area contributed by atoms with Crippen molar-refractivity contribution >= 4 is 5.97 Å². The molecule has 25 heavy (non-hydrogen) atoms. The summed E-state index contributed by atoms with van der Waals surface area (Å²) in [5, 5.41) is 9.08. The van der Waals surface area contributed by atoms with Gasteiger partial charge in [0.1, 0.15) is 0 Å². The minimum atomic E-state index is -3.65. The molecule has 7 heteroatoms. The molecule has 0 bridgehead atoms. The van der Waals surface area contributed by atoms with Crippen LogP contribution < -0.4 is 9.47 Å². The van der Waals surface area contributed by atoms with Crippen molar-refractivity contribution in [3.63, 3.8) is 0 Å². The number of carboxylic acids is 1. The van der Waals surface area contributed by atoms with Gasteiger partial charge in [0.2, 0.25) is 0 Å². The number of hydrogen-bond acceptors (Lipinski definition) is 3. The first-order valence-corrected chi connectivity index (χ1v) is 7.33. The lowest BCUT2D eigenvalue weighted by Crippen LogP contribution is -2.25. The van der Waals surface area contributed by atoms with Gasteiger partial charge < -0.3 is 19.1 Å². The Morgan fingerprint density at radius 3 is 2.60 bits per heavy atom. The summed E-state index contributed by atoms with van der Waals surface area (Å²) in [6, 6.07) is 12.8. The normalized spacial score (nSPS) is 14.5. The van der Waals surface area contributed by atoms with Crippen molar-refractivity contribution in [2.75, 3.05) is 0 Å². The van der Waals surface area contributed by atoms with Crippen molar-refractivity contribution in [2.24, 2.45) is 0 Å². The minimum absolute atomic E-state index is 0.0183. The number of carboxylic acid groups (broad SMARTS) is 1. The number of nitrogens with zero attached hydrogens (tertiary/aromatic N) is 1. The Kier molecular flexibility index (Phi) is 3.24. The van der Waals surface area contributed by atoms with E-state index >= 15 is 0 Å². The number of hydrogen-bond donors (Lipinski definition) is 1. The third kappa shape index (κ3) is 2.80. The van der Waals surface area contributed by atoms with Crippen LogP contribution in [0, 0.1) is 0 Å². The van der Waals surface area contributed by atoms with Gasteiger partial charge in [0, 0.05) is 24.1 Å². The molecule has 1 aliphatic rings. The molecule has 0 spiro atoms. The molecule has 0 saturated carbocycles.